The molecule has 3 rings (SSSR count). The van der Waals surface area contributed by atoms with Crippen LogP contribution in [0, 0.1) is 5.92 Å². The van der Waals surface area contributed by atoms with Crippen LogP contribution in [0.25, 0.3) is 10.8 Å². The molecular formula is C26H31N3O5S. The van der Waals surface area contributed by atoms with Crippen molar-refractivity contribution in [3.8, 4) is 0 Å². The van der Waals surface area contributed by atoms with Gasteiger partial charge in [-0.25, -0.2) is 17.9 Å². The minimum atomic E-state index is -3.71. The highest BCUT2D eigenvalue weighted by molar-refractivity contribution is 7.89. The Morgan fingerprint density at radius 2 is 1.60 bits per heavy atom. The van der Waals surface area contributed by atoms with Crippen LogP contribution in [0.5, 0.6) is 0 Å². The van der Waals surface area contributed by atoms with Gasteiger partial charge < -0.3 is 15.4 Å². The average Bonchev–Trinajstić information content (AvgIpc) is 2.85. The summed E-state index contributed by atoms with van der Waals surface area (Å²) in [4.78, 5) is 25.6. The Labute approximate surface area is 206 Å². The fourth-order valence-corrected chi connectivity index (χ4v) is 4.93. The van der Waals surface area contributed by atoms with Crippen LogP contribution in [0.4, 0.5) is 10.5 Å². The number of amides is 2. The second-order valence-electron chi connectivity index (χ2n) is 8.47. The predicted octanol–water partition coefficient (Wildman–Crippen LogP) is 4.42. The number of hydrogen-bond donors (Lipinski definition) is 3. The van der Waals surface area contributed by atoms with Gasteiger partial charge in [-0.3, -0.25) is 4.79 Å². The summed E-state index contributed by atoms with van der Waals surface area (Å²) in [6, 6.07) is 18.4. The van der Waals surface area contributed by atoms with E-state index in [-0.39, 0.29) is 17.4 Å². The number of anilines is 1. The molecule has 0 aliphatic carbocycles. The number of hydrogen-bond acceptors (Lipinski definition) is 5. The lowest BCUT2D eigenvalue weighted by atomic mass is 10.0. The van der Waals surface area contributed by atoms with Gasteiger partial charge >= 0.3 is 6.09 Å². The zero-order valence-corrected chi connectivity index (χ0v) is 20.9. The SMILES string of the molecule is CCCNS(=O)(=O)c1cccc2c(NC(=O)C(NC(=O)OCc3ccccc3)C(C)C)cccc12. The molecule has 0 radical (unpaired) electrons. The van der Waals surface area contributed by atoms with Gasteiger partial charge in [0.15, 0.2) is 0 Å². The molecule has 35 heavy (non-hydrogen) atoms. The minimum Gasteiger partial charge on any atom is -0.445 e. The van der Waals surface area contributed by atoms with Crippen molar-refractivity contribution in [2.24, 2.45) is 5.92 Å². The first-order valence-corrected chi connectivity index (χ1v) is 13.0. The Morgan fingerprint density at radius 1 is 0.914 bits per heavy atom. The lowest BCUT2D eigenvalue weighted by Crippen LogP contribution is -2.47. The maximum absolute atomic E-state index is 13.1. The molecular weight excluding hydrogens is 466 g/mol. The first kappa shape index (κ1) is 26.2. The van der Waals surface area contributed by atoms with Crippen LogP contribution in [0.15, 0.2) is 71.6 Å². The highest BCUT2D eigenvalue weighted by atomic mass is 32.2. The lowest BCUT2D eigenvalue weighted by Gasteiger charge is -2.22. The first-order valence-electron chi connectivity index (χ1n) is 11.5. The third-order valence-electron chi connectivity index (χ3n) is 5.41. The topological polar surface area (TPSA) is 114 Å². The lowest BCUT2D eigenvalue weighted by molar-refractivity contribution is -0.119. The molecule has 0 saturated heterocycles. The van der Waals surface area contributed by atoms with Crippen molar-refractivity contribution in [2.75, 3.05) is 11.9 Å². The van der Waals surface area contributed by atoms with E-state index in [4.69, 9.17) is 4.74 Å². The van der Waals surface area contributed by atoms with Gasteiger partial charge in [-0.15, -0.1) is 0 Å². The van der Waals surface area contributed by atoms with E-state index in [1.54, 1.807) is 30.3 Å². The zero-order chi connectivity index (χ0) is 25.4. The number of nitrogens with one attached hydrogen (secondary N) is 3. The quantitative estimate of drug-likeness (QED) is 0.384. The highest BCUT2D eigenvalue weighted by Gasteiger charge is 2.26. The Bertz CT molecular complexity index is 1280. The van der Waals surface area contributed by atoms with Gasteiger partial charge in [-0.1, -0.05) is 75.4 Å². The van der Waals surface area contributed by atoms with Gasteiger partial charge in [0.2, 0.25) is 15.9 Å². The third-order valence-corrected chi connectivity index (χ3v) is 6.93. The molecule has 0 aliphatic rings. The van der Waals surface area contributed by atoms with Crippen LogP contribution in [0.1, 0.15) is 32.8 Å². The molecule has 0 fully saturated rings. The molecule has 3 aromatic carbocycles. The maximum atomic E-state index is 13.1. The molecule has 2 amide bonds. The van der Waals surface area contributed by atoms with Crippen molar-refractivity contribution >= 4 is 38.5 Å². The molecule has 1 atom stereocenters. The molecule has 3 aromatic rings. The summed E-state index contributed by atoms with van der Waals surface area (Å²) in [7, 11) is -3.71. The predicted molar refractivity (Wildman–Crippen MR) is 136 cm³/mol. The van der Waals surface area contributed by atoms with E-state index in [0.29, 0.717) is 29.4 Å². The molecule has 9 heteroatoms. The fourth-order valence-electron chi connectivity index (χ4n) is 3.58. The summed E-state index contributed by atoms with van der Waals surface area (Å²) >= 11 is 0. The summed E-state index contributed by atoms with van der Waals surface area (Å²) < 4.78 is 33.4. The number of carbonyl (C=O) groups excluding carboxylic acids is 2. The second-order valence-corrected chi connectivity index (χ2v) is 10.2. The summed E-state index contributed by atoms with van der Waals surface area (Å²) in [5.74, 6) is -0.648. The van der Waals surface area contributed by atoms with Crippen molar-refractivity contribution in [3.63, 3.8) is 0 Å². The van der Waals surface area contributed by atoms with E-state index in [0.717, 1.165) is 5.56 Å². The van der Waals surface area contributed by atoms with Crippen LogP contribution < -0.4 is 15.4 Å². The minimum absolute atomic E-state index is 0.0890. The van der Waals surface area contributed by atoms with Gasteiger partial charge in [-0.05, 0) is 30.0 Å². The van der Waals surface area contributed by atoms with Crippen LogP contribution in [0.2, 0.25) is 0 Å². The zero-order valence-electron chi connectivity index (χ0n) is 20.1. The molecule has 0 aliphatic heterocycles. The van der Waals surface area contributed by atoms with Gasteiger partial charge in [0, 0.05) is 23.0 Å². The fraction of sp³-hybridized carbons (Fsp3) is 0.308. The van der Waals surface area contributed by atoms with Crippen molar-refractivity contribution in [2.45, 2.75) is 44.7 Å². The molecule has 0 spiro atoms. The van der Waals surface area contributed by atoms with E-state index < -0.39 is 28.1 Å². The van der Waals surface area contributed by atoms with Crippen LogP contribution in [0.3, 0.4) is 0 Å². The summed E-state index contributed by atoms with van der Waals surface area (Å²) in [5, 5.41) is 6.55. The number of sulfonamides is 1. The number of fused-ring (bicyclic) bond motifs is 1. The standard InChI is InChI=1S/C26H31N3O5S/c1-4-16-27-35(32,33)23-15-9-12-20-21(23)13-8-14-22(20)28-25(30)24(18(2)3)29-26(31)34-17-19-10-6-5-7-11-19/h5-15,18,24,27H,4,16-17H2,1-3H3,(H,28,30)(H,29,31). The van der Waals surface area contributed by atoms with Crippen LogP contribution in [-0.4, -0.2) is 33.0 Å². The van der Waals surface area contributed by atoms with E-state index in [1.165, 1.54) is 6.07 Å². The number of ether oxygens (including phenoxy) is 1. The van der Waals surface area contributed by atoms with E-state index in [9.17, 15) is 18.0 Å². The van der Waals surface area contributed by atoms with Gasteiger partial charge in [-0.2, -0.15) is 0 Å². The molecule has 3 N–H and O–H groups in total. The molecule has 0 aromatic heterocycles. The van der Waals surface area contributed by atoms with Crippen molar-refractivity contribution in [1.29, 1.82) is 0 Å². The largest absolute Gasteiger partial charge is 0.445 e. The first-order chi connectivity index (χ1) is 16.7. The van der Waals surface area contributed by atoms with Gasteiger partial charge in [0.05, 0.1) is 4.90 Å². The van der Waals surface area contributed by atoms with Crippen molar-refractivity contribution in [1.82, 2.24) is 10.0 Å². The number of carbonyl (C=O) groups is 2. The van der Waals surface area contributed by atoms with Crippen LogP contribution >= 0.6 is 0 Å². The van der Waals surface area contributed by atoms with E-state index >= 15 is 0 Å². The summed E-state index contributed by atoms with van der Waals surface area (Å²) in [6.45, 7) is 5.93. The number of alkyl carbamates (subject to hydrolysis) is 1. The molecule has 1 unspecified atom stereocenters. The summed E-state index contributed by atoms with van der Waals surface area (Å²) in [6.07, 6.45) is -0.0288. The van der Waals surface area contributed by atoms with Crippen LogP contribution in [-0.2, 0) is 26.2 Å². The van der Waals surface area contributed by atoms with Gasteiger partial charge in [0.1, 0.15) is 12.6 Å². The normalized spacial score (nSPS) is 12.3. The smallest absolute Gasteiger partial charge is 0.408 e. The van der Waals surface area contributed by atoms with Gasteiger partial charge in [0.25, 0.3) is 0 Å². The van der Waals surface area contributed by atoms with Crippen molar-refractivity contribution in [3.05, 3.63) is 72.3 Å². The maximum Gasteiger partial charge on any atom is 0.408 e. The number of benzene rings is 3. The second kappa shape index (κ2) is 11.8. The monoisotopic (exact) mass is 497 g/mol. The highest BCUT2D eigenvalue weighted by Crippen LogP contribution is 2.29. The van der Waals surface area contributed by atoms with E-state index in [1.807, 2.05) is 51.1 Å². The number of rotatable bonds is 10. The van der Waals surface area contributed by atoms with Crippen molar-refractivity contribution < 1.29 is 22.7 Å². The Hall–Kier alpha value is -3.43. The molecule has 186 valence electrons. The van der Waals surface area contributed by atoms with E-state index in [2.05, 4.69) is 15.4 Å². The molecule has 0 bridgehead atoms. The third kappa shape index (κ3) is 6.80. The summed E-state index contributed by atoms with van der Waals surface area (Å²) in [5.41, 5.74) is 1.29. The Balaban J connectivity index is 1.78. The Morgan fingerprint density at radius 3 is 2.29 bits per heavy atom. The molecule has 8 nitrogen and oxygen atoms in total. The molecule has 0 heterocycles. The molecule has 0 saturated carbocycles. The Kier molecular flexibility index (Phi) is 8.84. The average molecular weight is 498 g/mol.